The van der Waals surface area contributed by atoms with Crippen LogP contribution < -0.4 is 14.6 Å². The highest BCUT2D eigenvalue weighted by atomic mass is 127. The summed E-state index contributed by atoms with van der Waals surface area (Å²) in [5.41, 5.74) is 0.763. The summed E-state index contributed by atoms with van der Waals surface area (Å²) in [6.07, 6.45) is -0.556. The maximum absolute atomic E-state index is 13.8. The van der Waals surface area contributed by atoms with E-state index in [1.54, 1.807) is 52.9 Å². The summed E-state index contributed by atoms with van der Waals surface area (Å²) in [4.78, 5) is 35.1. The van der Waals surface area contributed by atoms with Crippen molar-refractivity contribution < 1.29 is 42.5 Å². The van der Waals surface area contributed by atoms with Crippen molar-refractivity contribution in [2.24, 2.45) is 5.92 Å². The van der Waals surface area contributed by atoms with Crippen molar-refractivity contribution in [1.82, 2.24) is 0 Å². The Labute approximate surface area is 202 Å². The molecular formula is C23H20F2IO7-. The number of esters is 2. The number of alkyl halides is 2. The second-order valence-electron chi connectivity index (χ2n) is 7.16. The van der Waals surface area contributed by atoms with E-state index in [1.165, 1.54) is 32.0 Å². The minimum atomic E-state index is -4.36. The molecule has 0 aliphatic rings. The van der Waals surface area contributed by atoms with Gasteiger partial charge in [-0.1, -0.05) is 38.6 Å². The lowest BCUT2D eigenvalue weighted by molar-refractivity contribution is -0.337. The maximum atomic E-state index is 13.8. The number of carbonyl (C=O) groups excluding carboxylic acids is 3. The summed E-state index contributed by atoms with van der Waals surface area (Å²) < 4.78 is 43.3. The minimum absolute atomic E-state index is 0.114. The second kappa shape index (κ2) is 11.2. The fourth-order valence-corrected chi connectivity index (χ4v) is 3.26. The number of aliphatic carboxylic acids is 1. The lowest BCUT2D eigenvalue weighted by Crippen LogP contribution is -2.53. The third-order valence-electron chi connectivity index (χ3n) is 4.33. The first kappa shape index (κ1) is 26.2. The molecule has 0 saturated carbocycles. The van der Waals surface area contributed by atoms with Gasteiger partial charge in [0, 0.05) is 0 Å². The highest BCUT2D eigenvalue weighted by Gasteiger charge is 2.46. The number of hydrogen-bond donors (Lipinski definition) is 0. The first-order chi connectivity index (χ1) is 15.4. The molecule has 0 fully saturated rings. The van der Waals surface area contributed by atoms with Crippen LogP contribution in [-0.2, 0) is 14.3 Å². The van der Waals surface area contributed by atoms with E-state index in [0.29, 0.717) is 9.32 Å². The quantitative estimate of drug-likeness (QED) is 0.244. The van der Waals surface area contributed by atoms with E-state index >= 15 is 0 Å². The van der Waals surface area contributed by atoms with Gasteiger partial charge in [0.25, 0.3) is 0 Å². The molecule has 2 aromatic carbocycles. The van der Waals surface area contributed by atoms with Crippen LogP contribution in [0.2, 0.25) is 0 Å². The van der Waals surface area contributed by atoms with Crippen molar-refractivity contribution in [2.45, 2.75) is 25.9 Å². The van der Waals surface area contributed by atoms with Gasteiger partial charge in [-0.15, -0.1) is 0 Å². The molecule has 0 bridgehead atoms. The summed E-state index contributed by atoms with van der Waals surface area (Å²) in [5, 5.41) is 10.7. The summed E-state index contributed by atoms with van der Waals surface area (Å²) in [6, 6.07) is 10.6. The average Bonchev–Trinajstić information content (AvgIpc) is 2.77. The van der Waals surface area contributed by atoms with Gasteiger partial charge < -0.3 is 24.1 Å². The molecule has 10 heteroatoms. The molecule has 1 atom stereocenters. The van der Waals surface area contributed by atoms with Gasteiger partial charge in [-0.3, -0.25) is 0 Å². The molecule has 7 nitrogen and oxygen atoms in total. The largest absolute Gasteiger partial charge is 0.544 e. The predicted molar refractivity (Wildman–Crippen MR) is 121 cm³/mol. The van der Waals surface area contributed by atoms with Crippen LogP contribution in [0.15, 0.2) is 49.0 Å². The molecule has 0 spiro atoms. The van der Waals surface area contributed by atoms with Gasteiger partial charge in [-0.25, -0.2) is 9.59 Å². The van der Waals surface area contributed by atoms with Gasteiger partial charge in [-0.05, 0) is 64.4 Å². The van der Waals surface area contributed by atoms with Crippen LogP contribution in [0.25, 0.3) is 6.08 Å². The first-order valence-electron chi connectivity index (χ1n) is 9.61. The topological polar surface area (TPSA) is 102 Å². The zero-order valence-electron chi connectivity index (χ0n) is 17.7. The Kier molecular flexibility index (Phi) is 8.91. The van der Waals surface area contributed by atoms with Crippen LogP contribution >= 0.6 is 22.6 Å². The van der Waals surface area contributed by atoms with Crippen molar-refractivity contribution in [3.05, 3.63) is 63.7 Å². The molecule has 2 rings (SSSR count). The molecule has 33 heavy (non-hydrogen) atoms. The van der Waals surface area contributed by atoms with Crippen LogP contribution in [-0.4, -0.2) is 36.5 Å². The lowest BCUT2D eigenvalue weighted by atomic mass is 10.0. The molecule has 0 aromatic heterocycles. The molecule has 176 valence electrons. The monoisotopic (exact) mass is 573 g/mol. The Morgan fingerprint density at radius 3 is 2.30 bits per heavy atom. The van der Waals surface area contributed by atoms with Crippen LogP contribution in [0.4, 0.5) is 8.78 Å². The molecule has 0 heterocycles. The van der Waals surface area contributed by atoms with Crippen LogP contribution in [0, 0.1) is 9.49 Å². The standard InChI is InChI=1S/C23H21F2IO7/c1-4-14-5-8-16(9-6-14)31-12-19(27)32-18-10-7-15(11-17(18)26)21(28)33-20(13(2)3)23(24,25)22(29)30/h4-11,13,20H,1,12H2,2-3H3,(H,29,30)/p-1. The number of carboxylic acid groups (broad SMARTS) is 1. The molecule has 0 radical (unpaired) electrons. The molecule has 0 aliphatic carbocycles. The normalized spacial score (nSPS) is 12.1. The molecule has 0 N–H and O–H groups in total. The van der Waals surface area contributed by atoms with Gasteiger partial charge in [-0.2, -0.15) is 8.78 Å². The van der Waals surface area contributed by atoms with E-state index in [1.807, 2.05) is 0 Å². The second-order valence-corrected chi connectivity index (χ2v) is 8.32. The smallest absolute Gasteiger partial charge is 0.349 e. The number of rotatable bonds is 10. The summed E-state index contributed by atoms with van der Waals surface area (Å²) >= 11 is 1.79. The molecule has 0 amide bonds. The van der Waals surface area contributed by atoms with Crippen LogP contribution in [0.3, 0.4) is 0 Å². The van der Waals surface area contributed by atoms with E-state index in [0.717, 1.165) is 5.56 Å². The zero-order chi connectivity index (χ0) is 24.8. The van der Waals surface area contributed by atoms with Gasteiger partial charge in [0.2, 0.25) is 0 Å². The molecule has 0 aliphatic heterocycles. The van der Waals surface area contributed by atoms with E-state index < -0.39 is 35.9 Å². The number of halogens is 3. The van der Waals surface area contributed by atoms with Crippen molar-refractivity contribution >= 4 is 46.6 Å². The summed E-state index contributed by atoms with van der Waals surface area (Å²) in [5.74, 6) is -9.28. The van der Waals surface area contributed by atoms with Crippen LogP contribution in [0.1, 0.15) is 29.8 Å². The molecule has 0 saturated heterocycles. The highest BCUT2D eigenvalue weighted by Crippen LogP contribution is 2.29. The van der Waals surface area contributed by atoms with E-state index in [9.17, 15) is 28.3 Å². The Hall–Kier alpha value is -3.02. The Bertz CT molecular complexity index is 1040. The molecule has 1 unspecified atom stereocenters. The van der Waals surface area contributed by atoms with Gasteiger partial charge in [0.15, 0.2) is 12.7 Å². The number of hydrogen-bond acceptors (Lipinski definition) is 7. The van der Waals surface area contributed by atoms with Gasteiger partial charge in [0.05, 0.1) is 9.13 Å². The van der Waals surface area contributed by atoms with E-state index in [4.69, 9.17) is 14.2 Å². The van der Waals surface area contributed by atoms with Crippen LogP contribution in [0.5, 0.6) is 11.5 Å². The Morgan fingerprint density at radius 1 is 1.15 bits per heavy atom. The summed E-state index contributed by atoms with van der Waals surface area (Å²) in [7, 11) is 0. The van der Waals surface area contributed by atoms with E-state index in [-0.39, 0.29) is 17.9 Å². The fourth-order valence-electron chi connectivity index (χ4n) is 2.63. The van der Waals surface area contributed by atoms with Crippen molar-refractivity contribution in [1.29, 1.82) is 0 Å². The number of benzene rings is 2. The molecule has 2 aromatic rings. The maximum Gasteiger partial charge on any atom is 0.349 e. The van der Waals surface area contributed by atoms with E-state index in [2.05, 4.69) is 6.58 Å². The SMILES string of the molecule is C=Cc1ccc(OCC(=O)Oc2ccc(C(=O)OC(C(C)C)C(F)(F)C(=O)[O-])cc2I)cc1. The summed E-state index contributed by atoms with van der Waals surface area (Å²) in [6.45, 7) is 5.85. The zero-order valence-corrected chi connectivity index (χ0v) is 19.8. The predicted octanol–water partition coefficient (Wildman–Crippen LogP) is 3.49. The fraction of sp³-hybridized carbons (Fsp3) is 0.261. The Balaban J connectivity index is 2.02. The van der Waals surface area contributed by atoms with Gasteiger partial charge >= 0.3 is 17.9 Å². The number of ether oxygens (including phenoxy) is 3. The molecular weight excluding hydrogens is 553 g/mol. The van der Waals surface area contributed by atoms with Crippen molar-refractivity contribution in [2.75, 3.05) is 6.61 Å². The third-order valence-corrected chi connectivity index (χ3v) is 5.18. The number of carboxylic acids is 1. The minimum Gasteiger partial charge on any atom is -0.544 e. The van der Waals surface area contributed by atoms with Gasteiger partial charge in [0.1, 0.15) is 17.5 Å². The highest BCUT2D eigenvalue weighted by molar-refractivity contribution is 14.1. The van der Waals surface area contributed by atoms with Crippen molar-refractivity contribution in [3.8, 4) is 11.5 Å². The van der Waals surface area contributed by atoms with Crippen molar-refractivity contribution in [3.63, 3.8) is 0 Å². The Morgan fingerprint density at radius 2 is 1.79 bits per heavy atom. The number of carbonyl (C=O) groups is 3. The third kappa shape index (κ3) is 6.98. The lowest BCUT2D eigenvalue weighted by Gasteiger charge is -2.30. The average molecular weight is 573 g/mol. The first-order valence-corrected chi connectivity index (χ1v) is 10.7.